The molecular weight excluding hydrogens is 170 g/mol. The van der Waals surface area contributed by atoms with Gasteiger partial charge in [0.05, 0.1) is 0 Å². The lowest BCUT2D eigenvalue weighted by Crippen LogP contribution is -2.08. The summed E-state index contributed by atoms with van der Waals surface area (Å²) in [5.41, 5.74) is 0. The van der Waals surface area contributed by atoms with Gasteiger partial charge in [-0.3, -0.25) is 4.79 Å². The Labute approximate surface area is 67.9 Å². The molecule has 0 unspecified atom stereocenters. The van der Waals surface area contributed by atoms with E-state index in [4.69, 9.17) is 11.6 Å². The van der Waals surface area contributed by atoms with Crippen molar-refractivity contribution in [3.8, 4) is 0 Å². The Morgan fingerprint density at radius 1 is 1.64 bits per heavy atom. The summed E-state index contributed by atoms with van der Waals surface area (Å²) in [5.74, 6) is -0.115. The highest BCUT2D eigenvalue weighted by atomic mass is 35.5. The lowest BCUT2D eigenvalue weighted by Gasteiger charge is -2.01. The van der Waals surface area contributed by atoms with Crippen molar-refractivity contribution >= 4 is 22.9 Å². The summed E-state index contributed by atoms with van der Waals surface area (Å²) in [7, 11) is 3.44. The van der Waals surface area contributed by atoms with Crippen LogP contribution in [0.2, 0.25) is 0 Å². The van der Waals surface area contributed by atoms with Crippen LogP contribution >= 0.6 is 11.6 Å². The molecule has 5 nitrogen and oxygen atoms in total. The Balaban J connectivity index is 2.90. The van der Waals surface area contributed by atoms with E-state index in [1.807, 2.05) is 0 Å². The molecule has 0 aliphatic rings. The molecule has 0 fully saturated rings. The number of aromatic nitrogens is 2. The van der Waals surface area contributed by atoms with Gasteiger partial charge in [-0.05, 0) is 16.8 Å². The molecule has 0 aromatic carbocycles. The molecule has 6 heteroatoms. The van der Waals surface area contributed by atoms with Crippen LogP contribution in [0.1, 0.15) is 10.6 Å². The van der Waals surface area contributed by atoms with Crippen molar-refractivity contribution in [2.45, 2.75) is 0 Å². The summed E-state index contributed by atoms with van der Waals surface area (Å²) >= 11 is 5.08. The Morgan fingerprint density at radius 3 is 2.55 bits per heavy atom. The minimum absolute atomic E-state index is 0.115. The van der Waals surface area contributed by atoms with Gasteiger partial charge in [-0.1, -0.05) is 0 Å². The van der Waals surface area contributed by atoms with Crippen LogP contribution in [0.15, 0.2) is 4.52 Å². The minimum atomic E-state index is -0.721. The normalized spacial score (nSPS) is 9.73. The van der Waals surface area contributed by atoms with E-state index in [0.717, 1.165) is 0 Å². The molecule has 0 aliphatic carbocycles. The van der Waals surface area contributed by atoms with Gasteiger partial charge in [-0.2, -0.15) is 4.98 Å². The second-order valence-electron chi connectivity index (χ2n) is 2.07. The largest absolute Gasteiger partial charge is 0.331 e. The predicted molar refractivity (Wildman–Crippen MR) is 38.8 cm³/mol. The fraction of sp³-hybridized carbons (Fsp3) is 0.400. The molecule has 0 saturated carbocycles. The van der Waals surface area contributed by atoms with Gasteiger partial charge in [0.15, 0.2) is 0 Å². The highest BCUT2D eigenvalue weighted by molar-refractivity contribution is 6.67. The zero-order valence-corrected chi connectivity index (χ0v) is 6.79. The molecule has 0 bridgehead atoms. The van der Waals surface area contributed by atoms with Gasteiger partial charge < -0.3 is 9.42 Å². The van der Waals surface area contributed by atoms with Gasteiger partial charge in [-0.15, -0.1) is 0 Å². The molecule has 0 aliphatic heterocycles. The van der Waals surface area contributed by atoms with E-state index in [2.05, 4.69) is 14.7 Å². The third kappa shape index (κ3) is 1.68. The number of anilines is 1. The number of hydrogen-bond acceptors (Lipinski definition) is 5. The van der Waals surface area contributed by atoms with E-state index < -0.39 is 5.24 Å². The van der Waals surface area contributed by atoms with E-state index >= 15 is 0 Å². The molecule has 0 radical (unpaired) electrons. The maximum Gasteiger partial charge on any atom is 0.324 e. The first-order valence-corrected chi connectivity index (χ1v) is 3.20. The first-order valence-electron chi connectivity index (χ1n) is 2.82. The molecule has 1 rings (SSSR count). The average Bonchev–Trinajstić information content (AvgIpc) is 2.33. The molecule has 11 heavy (non-hydrogen) atoms. The average molecular weight is 176 g/mol. The van der Waals surface area contributed by atoms with Gasteiger partial charge in [0.25, 0.3) is 11.1 Å². The minimum Gasteiger partial charge on any atom is -0.331 e. The van der Waals surface area contributed by atoms with E-state index in [1.54, 1.807) is 19.0 Å². The zero-order valence-electron chi connectivity index (χ0n) is 6.04. The molecule has 0 saturated heterocycles. The molecule has 0 atom stereocenters. The van der Waals surface area contributed by atoms with Gasteiger partial charge in [0, 0.05) is 14.1 Å². The summed E-state index contributed by atoms with van der Waals surface area (Å²) in [6.07, 6.45) is 0. The Bertz CT molecular complexity index is 270. The van der Waals surface area contributed by atoms with Crippen LogP contribution in [0.5, 0.6) is 0 Å². The Hall–Kier alpha value is -1.10. The van der Waals surface area contributed by atoms with Gasteiger partial charge >= 0.3 is 6.01 Å². The molecule has 0 N–H and O–H groups in total. The third-order valence-electron chi connectivity index (χ3n) is 0.974. The molecule has 0 amide bonds. The number of rotatable bonds is 2. The van der Waals surface area contributed by atoms with Crippen molar-refractivity contribution in [3.05, 3.63) is 5.82 Å². The molecule has 1 aromatic rings. The third-order valence-corrected chi connectivity index (χ3v) is 1.14. The van der Waals surface area contributed by atoms with Crippen LogP contribution in [0.25, 0.3) is 0 Å². The highest BCUT2D eigenvalue weighted by Crippen LogP contribution is 2.07. The summed E-state index contributed by atoms with van der Waals surface area (Å²) in [4.78, 5) is 15.7. The Morgan fingerprint density at radius 2 is 2.27 bits per heavy atom. The monoisotopic (exact) mass is 175 g/mol. The standard InChI is InChI=1S/C5H6ClN3O2/c1-9(2)5-7-4(3(6)10)8-11-5/h1-2H3. The fourth-order valence-corrected chi connectivity index (χ4v) is 0.554. The fourth-order valence-electron chi connectivity index (χ4n) is 0.477. The molecule has 1 aromatic heterocycles. The number of carbonyl (C=O) groups is 1. The van der Waals surface area contributed by atoms with Crippen LogP contribution in [0.3, 0.4) is 0 Å². The molecule has 0 spiro atoms. The molecule has 1 heterocycles. The number of carbonyl (C=O) groups excluding carboxylic acids is 1. The number of hydrogen-bond donors (Lipinski definition) is 0. The van der Waals surface area contributed by atoms with Crippen LogP contribution in [0.4, 0.5) is 6.01 Å². The summed E-state index contributed by atoms with van der Waals surface area (Å²) in [6, 6.07) is 0.258. The van der Waals surface area contributed by atoms with Crippen molar-refractivity contribution < 1.29 is 9.32 Å². The van der Waals surface area contributed by atoms with Crippen LogP contribution < -0.4 is 4.90 Å². The summed E-state index contributed by atoms with van der Waals surface area (Å²) < 4.78 is 4.65. The van der Waals surface area contributed by atoms with Gasteiger partial charge in [0.2, 0.25) is 0 Å². The topological polar surface area (TPSA) is 59.2 Å². The van der Waals surface area contributed by atoms with Crippen molar-refractivity contribution in [1.82, 2.24) is 10.1 Å². The zero-order chi connectivity index (χ0) is 8.43. The van der Waals surface area contributed by atoms with Crippen molar-refractivity contribution in [2.24, 2.45) is 0 Å². The second kappa shape index (κ2) is 2.87. The first kappa shape index (κ1) is 8.00. The summed E-state index contributed by atoms with van der Waals surface area (Å²) in [6.45, 7) is 0. The second-order valence-corrected chi connectivity index (χ2v) is 2.41. The van der Waals surface area contributed by atoms with Crippen molar-refractivity contribution in [1.29, 1.82) is 0 Å². The van der Waals surface area contributed by atoms with Crippen LogP contribution in [0, 0.1) is 0 Å². The van der Waals surface area contributed by atoms with E-state index in [9.17, 15) is 4.79 Å². The SMILES string of the molecule is CN(C)c1nc(C(=O)Cl)no1. The van der Waals surface area contributed by atoms with E-state index in [0.29, 0.717) is 0 Å². The molecule has 60 valence electrons. The van der Waals surface area contributed by atoms with Crippen molar-refractivity contribution in [3.63, 3.8) is 0 Å². The lowest BCUT2D eigenvalue weighted by atomic mass is 10.7. The maximum absolute atomic E-state index is 10.4. The van der Waals surface area contributed by atoms with E-state index in [-0.39, 0.29) is 11.8 Å². The highest BCUT2D eigenvalue weighted by Gasteiger charge is 2.12. The van der Waals surface area contributed by atoms with Crippen molar-refractivity contribution in [2.75, 3.05) is 19.0 Å². The number of nitrogens with zero attached hydrogens (tertiary/aromatic N) is 3. The number of halogens is 1. The van der Waals surface area contributed by atoms with E-state index in [1.165, 1.54) is 0 Å². The van der Waals surface area contributed by atoms with Gasteiger partial charge in [0.1, 0.15) is 0 Å². The van der Waals surface area contributed by atoms with Crippen LogP contribution in [-0.4, -0.2) is 29.5 Å². The first-order chi connectivity index (χ1) is 5.11. The van der Waals surface area contributed by atoms with Crippen LogP contribution in [-0.2, 0) is 0 Å². The quantitative estimate of drug-likeness (QED) is 0.613. The predicted octanol–water partition coefficient (Wildman–Crippen LogP) is 0.515. The summed E-state index contributed by atoms with van der Waals surface area (Å²) in [5, 5.41) is 2.61. The molecular formula is C5H6ClN3O2. The Kier molecular flexibility index (Phi) is 2.09. The smallest absolute Gasteiger partial charge is 0.324 e. The van der Waals surface area contributed by atoms with Gasteiger partial charge in [-0.25, -0.2) is 0 Å². The lowest BCUT2D eigenvalue weighted by molar-refractivity contribution is 0.107. The maximum atomic E-state index is 10.4.